The first kappa shape index (κ1) is 20.1. The van der Waals surface area contributed by atoms with Gasteiger partial charge in [-0.1, -0.05) is 12.1 Å². The van der Waals surface area contributed by atoms with Gasteiger partial charge in [0, 0.05) is 31.8 Å². The predicted molar refractivity (Wildman–Crippen MR) is 104 cm³/mol. The molecule has 0 aliphatic carbocycles. The Bertz CT molecular complexity index is 958. The van der Waals surface area contributed by atoms with Crippen molar-refractivity contribution in [3.8, 4) is 0 Å². The van der Waals surface area contributed by atoms with E-state index in [1.807, 2.05) is 0 Å². The Morgan fingerprint density at radius 2 is 1.83 bits per heavy atom. The van der Waals surface area contributed by atoms with E-state index in [0.29, 0.717) is 24.2 Å². The fourth-order valence-electron chi connectivity index (χ4n) is 4.61. The monoisotopic (exact) mass is 413 g/mol. The lowest BCUT2D eigenvalue weighted by Crippen LogP contribution is -2.70. The molecule has 0 unspecified atom stereocenters. The summed E-state index contributed by atoms with van der Waals surface area (Å²) in [7, 11) is 0. The first-order valence-corrected chi connectivity index (χ1v) is 10.0. The lowest BCUT2D eigenvalue weighted by molar-refractivity contribution is -0.164. The van der Waals surface area contributed by atoms with Crippen LogP contribution in [0.5, 0.6) is 0 Å². The molecule has 0 aromatic heterocycles. The number of imide groups is 1. The molecule has 3 aliphatic rings. The van der Waals surface area contributed by atoms with Crippen molar-refractivity contribution in [2.75, 3.05) is 18.1 Å². The third-order valence-electron chi connectivity index (χ3n) is 5.84. The molecule has 9 nitrogen and oxygen atoms in total. The number of hydrogen-bond donors (Lipinski definition) is 0. The van der Waals surface area contributed by atoms with Crippen molar-refractivity contribution in [3.05, 3.63) is 29.8 Å². The summed E-state index contributed by atoms with van der Waals surface area (Å²) in [6, 6.07) is 6.25. The average Bonchev–Trinajstić information content (AvgIpc) is 3.30. The van der Waals surface area contributed by atoms with Crippen LogP contribution in [-0.2, 0) is 23.9 Å². The number of esters is 1. The third kappa shape index (κ3) is 2.79. The van der Waals surface area contributed by atoms with Gasteiger partial charge in [0.1, 0.15) is 0 Å². The molecule has 0 spiro atoms. The molecule has 1 aromatic carbocycles. The number of para-hydroxylation sites is 1. The summed E-state index contributed by atoms with van der Waals surface area (Å²) in [6.07, 6.45) is 1.01. The summed E-state index contributed by atoms with van der Waals surface area (Å²) in [5, 5.41) is 0. The molecular weight excluding hydrogens is 390 g/mol. The van der Waals surface area contributed by atoms with E-state index in [4.69, 9.17) is 4.74 Å². The van der Waals surface area contributed by atoms with Crippen LogP contribution in [0.4, 0.5) is 5.69 Å². The summed E-state index contributed by atoms with van der Waals surface area (Å²) < 4.78 is 5.33. The van der Waals surface area contributed by atoms with Gasteiger partial charge in [0.2, 0.25) is 17.5 Å². The Kier molecular flexibility index (Phi) is 4.83. The standard InChI is InChI=1S/C21H23N3O6/c1-13(2)23-19(28)14-6-3-4-7-15(14)24-17(26)9-10-21(23,24)20(29)30-12-18(27)22-11-5-8-16(22)25/h3-4,6-7,13H,5,8-12H2,1-2H3/t21-/m1/s1. The number of hydrogen-bond acceptors (Lipinski definition) is 6. The minimum absolute atomic E-state index is 0.0679. The Balaban J connectivity index is 1.69. The summed E-state index contributed by atoms with van der Waals surface area (Å²) in [5.74, 6) is -2.40. The number of rotatable bonds is 4. The van der Waals surface area contributed by atoms with Crippen LogP contribution in [0.3, 0.4) is 0 Å². The fourth-order valence-corrected chi connectivity index (χ4v) is 4.61. The topological polar surface area (TPSA) is 104 Å². The number of carbonyl (C=O) groups excluding carboxylic acids is 5. The number of amides is 4. The Morgan fingerprint density at radius 1 is 1.10 bits per heavy atom. The number of anilines is 1. The number of benzene rings is 1. The molecule has 0 bridgehead atoms. The molecule has 0 saturated carbocycles. The van der Waals surface area contributed by atoms with Gasteiger partial charge in [0.05, 0.1) is 11.3 Å². The van der Waals surface area contributed by atoms with Crippen LogP contribution in [-0.4, -0.2) is 64.3 Å². The van der Waals surface area contributed by atoms with Crippen LogP contribution in [0, 0.1) is 0 Å². The summed E-state index contributed by atoms with van der Waals surface area (Å²) in [6.45, 7) is 3.21. The Morgan fingerprint density at radius 3 is 2.50 bits per heavy atom. The largest absolute Gasteiger partial charge is 0.452 e. The lowest BCUT2D eigenvalue weighted by atomic mass is 9.95. The highest BCUT2D eigenvalue weighted by Crippen LogP contribution is 2.45. The SMILES string of the molecule is CC(C)N1C(=O)c2ccccc2N2C(=O)CC[C@]21C(=O)OCC(=O)N1CCCC1=O. The van der Waals surface area contributed by atoms with Crippen molar-refractivity contribution in [2.45, 2.75) is 51.2 Å². The van der Waals surface area contributed by atoms with Gasteiger partial charge in [-0.05, 0) is 32.4 Å². The van der Waals surface area contributed by atoms with E-state index in [-0.39, 0.29) is 37.0 Å². The second-order valence-corrected chi connectivity index (χ2v) is 7.95. The summed E-state index contributed by atoms with van der Waals surface area (Å²) in [5.41, 5.74) is -0.949. The lowest BCUT2D eigenvalue weighted by Gasteiger charge is -2.50. The van der Waals surface area contributed by atoms with Crippen LogP contribution in [0.1, 0.15) is 49.9 Å². The number of nitrogens with zero attached hydrogens (tertiary/aromatic N) is 3. The van der Waals surface area contributed by atoms with Gasteiger partial charge < -0.3 is 9.64 Å². The zero-order chi connectivity index (χ0) is 21.6. The molecule has 2 saturated heterocycles. The molecule has 3 aliphatic heterocycles. The summed E-state index contributed by atoms with van der Waals surface area (Å²) >= 11 is 0. The van der Waals surface area contributed by atoms with Gasteiger partial charge >= 0.3 is 5.97 Å². The van der Waals surface area contributed by atoms with Crippen LogP contribution in [0.2, 0.25) is 0 Å². The maximum Gasteiger partial charge on any atom is 0.354 e. The van der Waals surface area contributed by atoms with E-state index in [1.54, 1.807) is 38.1 Å². The number of likely N-dealkylation sites (tertiary alicyclic amines) is 1. The quantitative estimate of drug-likeness (QED) is 0.684. The van der Waals surface area contributed by atoms with Crippen LogP contribution < -0.4 is 4.90 Å². The van der Waals surface area contributed by atoms with Crippen molar-refractivity contribution < 1.29 is 28.7 Å². The predicted octanol–water partition coefficient (Wildman–Crippen LogP) is 1.07. The molecule has 2 fully saturated rings. The number of carbonyl (C=O) groups is 5. The molecule has 3 heterocycles. The zero-order valence-electron chi connectivity index (χ0n) is 16.9. The van der Waals surface area contributed by atoms with E-state index < -0.39 is 30.2 Å². The van der Waals surface area contributed by atoms with Gasteiger partial charge in [-0.3, -0.25) is 29.0 Å². The van der Waals surface area contributed by atoms with Crippen LogP contribution >= 0.6 is 0 Å². The van der Waals surface area contributed by atoms with E-state index in [0.717, 1.165) is 4.90 Å². The van der Waals surface area contributed by atoms with Crippen molar-refractivity contribution in [3.63, 3.8) is 0 Å². The molecule has 4 rings (SSSR count). The van der Waals surface area contributed by atoms with Crippen LogP contribution in [0.25, 0.3) is 0 Å². The van der Waals surface area contributed by atoms with Gasteiger partial charge in [-0.25, -0.2) is 4.79 Å². The zero-order valence-corrected chi connectivity index (χ0v) is 16.9. The number of ether oxygens (including phenoxy) is 1. The molecule has 30 heavy (non-hydrogen) atoms. The molecule has 0 radical (unpaired) electrons. The molecule has 4 amide bonds. The molecule has 1 aromatic rings. The number of fused-ring (bicyclic) bond motifs is 3. The van der Waals surface area contributed by atoms with Crippen molar-refractivity contribution in [2.24, 2.45) is 0 Å². The summed E-state index contributed by atoms with van der Waals surface area (Å²) in [4.78, 5) is 67.3. The molecule has 1 atom stereocenters. The van der Waals surface area contributed by atoms with E-state index in [9.17, 15) is 24.0 Å². The second-order valence-electron chi connectivity index (χ2n) is 7.95. The van der Waals surface area contributed by atoms with E-state index in [1.165, 1.54) is 9.80 Å². The van der Waals surface area contributed by atoms with E-state index >= 15 is 0 Å². The average molecular weight is 413 g/mol. The van der Waals surface area contributed by atoms with Crippen molar-refractivity contribution in [1.82, 2.24) is 9.80 Å². The van der Waals surface area contributed by atoms with E-state index in [2.05, 4.69) is 0 Å². The smallest absolute Gasteiger partial charge is 0.354 e. The first-order valence-electron chi connectivity index (χ1n) is 10.0. The highest BCUT2D eigenvalue weighted by Gasteiger charge is 2.62. The third-order valence-corrected chi connectivity index (χ3v) is 5.84. The van der Waals surface area contributed by atoms with Gasteiger partial charge in [0.25, 0.3) is 11.8 Å². The molecular formula is C21H23N3O6. The fraction of sp³-hybridized carbons (Fsp3) is 0.476. The molecule has 0 N–H and O–H groups in total. The maximum atomic E-state index is 13.4. The Labute approximate surface area is 173 Å². The minimum atomic E-state index is -1.65. The second kappa shape index (κ2) is 7.23. The highest BCUT2D eigenvalue weighted by molar-refractivity contribution is 6.15. The first-order chi connectivity index (χ1) is 14.3. The van der Waals surface area contributed by atoms with Crippen LogP contribution in [0.15, 0.2) is 24.3 Å². The van der Waals surface area contributed by atoms with Crippen molar-refractivity contribution in [1.29, 1.82) is 0 Å². The Hall–Kier alpha value is -3.23. The molecule has 158 valence electrons. The van der Waals surface area contributed by atoms with Gasteiger partial charge in [0.15, 0.2) is 6.61 Å². The molecule has 9 heteroatoms. The highest BCUT2D eigenvalue weighted by atomic mass is 16.5. The normalized spacial score (nSPS) is 23.2. The van der Waals surface area contributed by atoms with Crippen molar-refractivity contribution >= 4 is 35.3 Å². The van der Waals surface area contributed by atoms with Gasteiger partial charge in [-0.2, -0.15) is 0 Å². The minimum Gasteiger partial charge on any atom is -0.452 e. The van der Waals surface area contributed by atoms with Gasteiger partial charge in [-0.15, -0.1) is 0 Å². The maximum absolute atomic E-state index is 13.4.